The molecule has 1 rings (SSSR count). The van der Waals surface area contributed by atoms with Crippen LogP contribution in [0.2, 0.25) is 5.02 Å². The van der Waals surface area contributed by atoms with Gasteiger partial charge >= 0.3 is 0 Å². The van der Waals surface area contributed by atoms with Crippen molar-refractivity contribution in [2.24, 2.45) is 5.92 Å². The highest BCUT2D eigenvalue weighted by Gasteiger charge is 2.14. The summed E-state index contributed by atoms with van der Waals surface area (Å²) in [5.74, 6) is 1.16. The molecule has 2 atom stereocenters. The summed E-state index contributed by atoms with van der Waals surface area (Å²) in [6, 6.07) is 6.37. The fourth-order valence-electron chi connectivity index (χ4n) is 1.72. The molecule has 0 amide bonds. The quantitative estimate of drug-likeness (QED) is 0.826. The maximum Gasteiger partial charge on any atom is 0.0438 e. The molecule has 0 bridgehead atoms. The first-order chi connectivity index (χ1) is 7.06. The molecule has 15 heavy (non-hydrogen) atoms. The first-order valence-electron chi connectivity index (χ1n) is 5.47. The van der Waals surface area contributed by atoms with Crippen LogP contribution >= 0.6 is 11.6 Å². The second-order valence-electron chi connectivity index (χ2n) is 4.33. The lowest BCUT2D eigenvalue weighted by molar-refractivity contribution is 0.466. The van der Waals surface area contributed by atoms with E-state index in [4.69, 9.17) is 11.6 Å². The fourth-order valence-corrected chi connectivity index (χ4v) is 1.91. The predicted molar refractivity (Wildman–Crippen MR) is 67.7 cm³/mol. The normalized spacial score (nSPS) is 15.0. The van der Waals surface area contributed by atoms with Crippen molar-refractivity contribution in [3.63, 3.8) is 0 Å². The number of hydrogen-bond acceptors (Lipinski definition) is 1. The van der Waals surface area contributed by atoms with Gasteiger partial charge < -0.3 is 5.32 Å². The largest absolute Gasteiger partial charge is 0.319 e. The van der Waals surface area contributed by atoms with E-state index < -0.39 is 0 Å². The van der Waals surface area contributed by atoms with E-state index in [-0.39, 0.29) is 0 Å². The second-order valence-corrected chi connectivity index (χ2v) is 4.74. The van der Waals surface area contributed by atoms with Gasteiger partial charge in [0.25, 0.3) is 0 Å². The third-order valence-electron chi connectivity index (χ3n) is 3.10. The maximum absolute atomic E-state index is 6.12. The van der Waals surface area contributed by atoms with E-state index in [2.05, 4.69) is 37.4 Å². The summed E-state index contributed by atoms with van der Waals surface area (Å²) in [7, 11) is 1.99. The lowest BCUT2D eigenvalue weighted by atomic mass is 9.88. The highest BCUT2D eigenvalue weighted by atomic mass is 35.5. The molecule has 2 heteroatoms. The van der Waals surface area contributed by atoms with Crippen molar-refractivity contribution in [3.8, 4) is 0 Å². The van der Waals surface area contributed by atoms with Gasteiger partial charge in [0.05, 0.1) is 0 Å². The SMILES string of the molecule is CNCC(C)C(C)c1ccc(C)c(Cl)c1. The van der Waals surface area contributed by atoms with Gasteiger partial charge in [-0.2, -0.15) is 0 Å². The van der Waals surface area contributed by atoms with Gasteiger partial charge in [-0.1, -0.05) is 37.6 Å². The second kappa shape index (κ2) is 5.53. The van der Waals surface area contributed by atoms with Gasteiger partial charge in [0.15, 0.2) is 0 Å². The minimum absolute atomic E-state index is 0.538. The van der Waals surface area contributed by atoms with Gasteiger partial charge in [-0.25, -0.2) is 0 Å². The molecular formula is C13H20ClN. The Kier molecular flexibility index (Phi) is 4.62. The topological polar surface area (TPSA) is 12.0 Å². The van der Waals surface area contributed by atoms with Crippen LogP contribution in [0.1, 0.15) is 30.9 Å². The zero-order valence-electron chi connectivity index (χ0n) is 9.97. The Bertz CT molecular complexity index is 322. The summed E-state index contributed by atoms with van der Waals surface area (Å²) in [6.45, 7) is 7.58. The molecule has 0 saturated carbocycles. The van der Waals surface area contributed by atoms with Gasteiger partial charge in [-0.15, -0.1) is 0 Å². The maximum atomic E-state index is 6.12. The number of halogens is 1. The van der Waals surface area contributed by atoms with Crippen LogP contribution < -0.4 is 5.32 Å². The summed E-state index contributed by atoms with van der Waals surface area (Å²) in [5, 5.41) is 4.08. The third-order valence-corrected chi connectivity index (χ3v) is 3.51. The first-order valence-corrected chi connectivity index (χ1v) is 5.84. The van der Waals surface area contributed by atoms with E-state index in [1.54, 1.807) is 0 Å². The minimum Gasteiger partial charge on any atom is -0.319 e. The molecule has 1 N–H and O–H groups in total. The van der Waals surface area contributed by atoms with E-state index in [1.807, 2.05) is 14.0 Å². The van der Waals surface area contributed by atoms with Crippen molar-refractivity contribution in [2.45, 2.75) is 26.7 Å². The van der Waals surface area contributed by atoms with Crippen LogP contribution in [0.3, 0.4) is 0 Å². The van der Waals surface area contributed by atoms with Crippen LogP contribution in [0.4, 0.5) is 0 Å². The van der Waals surface area contributed by atoms with E-state index >= 15 is 0 Å². The van der Waals surface area contributed by atoms with Crippen molar-refractivity contribution in [1.29, 1.82) is 0 Å². The fraction of sp³-hybridized carbons (Fsp3) is 0.538. The van der Waals surface area contributed by atoms with Crippen molar-refractivity contribution in [3.05, 3.63) is 34.3 Å². The molecule has 0 aliphatic heterocycles. The number of aryl methyl sites for hydroxylation is 1. The Balaban J connectivity index is 2.81. The van der Waals surface area contributed by atoms with Crippen molar-refractivity contribution in [2.75, 3.05) is 13.6 Å². The van der Waals surface area contributed by atoms with Gasteiger partial charge in [0, 0.05) is 5.02 Å². The molecule has 0 radical (unpaired) electrons. The molecule has 0 aliphatic carbocycles. The van der Waals surface area contributed by atoms with Crippen molar-refractivity contribution in [1.82, 2.24) is 5.32 Å². The molecule has 0 spiro atoms. The Labute approximate surface area is 97.8 Å². The summed E-state index contributed by atoms with van der Waals surface area (Å²) in [5.41, 5.74) is 2.47. The van der Waals surface area contributed by atoms with Crippen LogP contribution in [0.25, 0.3) is 0 Å². The Morgan fingerprint density at radius 1 is 1.33 bits per heavy atom. The predicted octanol–water partition coefficient (Wildman–Crippen LogP) is 3.61. The third kappa shape index (κ3) is 3.22. The summed E-state index contributed by atoms with van der Waals surface area (Å²) in [6.07, 6.45) is 0. The van der Waals surface area contributed by atoms with Gasteiger partial charge in [-0.05, 0) is 49.5 Å². The smallest absolute Gasteiger partial charge is 0.0438 e. The molecule has 1 aromatic rings. The Morgan fingerprint density at radius 3 is 2.53 bits per heavy atom. The summed E-state index contributed by atoms with van der Waals surface area (Å²) < 4.78 is 0. The van der Waals surface area contributed by atoms with E-state index in [9.17, 15) is 0 Å². The van der Waals surface area contributed by atoms with Gasteiger partial charge in [0.2, 0.25) is 0 Å². The molecule has 0 fully saturated rings. The zero-order valence-corrected chi connectivity index (χ0v) is 10.7. The first kappa shape index (κ1) is 12.5. The van der Waals surface area contributed by atoms with Gasteiger partial charge in [0.1, 0.15) is 0 Å². The van der Waals surface area contributed by atoms with E-state index in [0.717, 1.165) is 17.1 Å². The Morgan fingerprint density at radius 2 is 2.00 bits per heavy atom. The van der Waals surface area contributed by atoms with Crippen LogP contribution in [0, 0.1) is 12.8 Å². The Hall–Kier alpha value is -0.530. The summed E-state index contributed by atoms with van der Waals surface area (Å²) >= 11 is 6.12. The minimum atomic E-state index is 0.538. The lowest BCUT2D eigenvalue weighted by Gasteiger charge is -2.20. The molecule has 1 aromatic carbocycles. The summed E-state index contributed by atoms with van der Waals surface area (Å²) in [4.78, 5) is 0. The number of nitrogens with one attached hydrogen (secondary N) is 1. The van der Waals surface area contributed by atoms with Crippen molar-refractivity contribution >= 4 is 11.6 Å². The molecule has 0 heterocycles. The van der Waals surface area contributed by atoms with E-state index in [0.29, 0.717) is 11.8 Å². The van der Waals surface area contributed by atoms with Crippen LogP contribution in [-0.4, -0.2) is 13.6 Å². The molecule has 0 saturated heterocycles. The zero-order chi connectivity index (χ0) is 11.4. The molecule has 84 valence electrons. The number of hydrogen-bond donors (Lipinski definition) is 1. The highest BCUT2D eigenvalue weighted by Crippen LogP contribution is 2.27. The van der Waals surface area contributed by atoms with Crippen LogP contribution in [0.15, 0.2) is 18.2 Å². The monoisotopic (exact) mass is 225 g/mol. The lowest BCUT2D eigenvalue weighted by Crippen LogP contribution is -2.20. The van der Waals surface area contributed by atoms with E-state index in [1.165, 1.54) is 5.56 Å². The average Bonchev–Trinajstić information content (AvgIpc) is 2.21. The van der Waals surface area contributed by atoms with Crippen LogP contribution in [0.5, 0.6) is 0 Å². The number of benzene rings is 1. The number of rotatable bonds is 4. The van der Waals surface area contributed by atoms with Crippen LogP contribution in [-0.2, 0) is 0 Å². The molecule has 0 aliphatic rings. The average molecular weight is 226 g/mol. The highest BCUT2D eigenvalue weighted by molar-refractivity contribution is 6.31. The molecule has 0 aromatic heterocycles. The molecule has 2 unspecified atom stereocenters. The molecular weight excluding hydrogens is 206 g/mol. The standard InChI is InChI=1S/C13H20ClN/c1-9-5-6-12(7-13(9)14)11(3)10(2)8-15-4/h5-7,10-11,15H,8H2,1-4H3. The van der Waals surface area contributed by atoms with Crippen molar-refractivity contribution < 1.29 is 0 Å². The molecule has 1 nitrogen and oxygen atoms in total. The van der Waals surface area contributed by atoms with Gasteiger partial charge in [-0.3, -0.25) is 0 Å².